The molecule has 2 aromatic rings. The van der Waals surface area contributed by atoms with Crippen LogP contribution < -0.4 is 10.2 Å². The first-order chi connectivity index (χ1) is 15.3. The molecule has 1 amide bonds. The molecule has 2 aliphatic heterocycles. The summed E-state index contributed by atoms with van der Waals surface area (Å²) in [6, 6.07) is 5.11. The maximum absolute atomic E-state index is 14.7. The molecule has 170 valence electrons. The molecule has 1 N–H and O–H groups in total. The third-order valence-corrected chi connectivity index (χ3v) is 6.60. The first-order valence-electron chi connectivity index (χ1n) is 11.0. The molecule has 4 rings (SSSR count). The van der Waals surface area contributed by atoms with Crippen LogP contribution in [0.3, 0.4) is 0 Å². The molecule has 0 unspecified atom stereocenters. The number of benzene rings is 1. The fourth-order valence-corrected chi connectivity index (χ4v) is 4.75. The summed E-state index contributed by atoms with van der Waals surface area (Å²) in [6.07, 6.45) is 6.27. The summed E-state index contributed by atoms with van der Waals surface area (Å²) in [5, 5.41) is 3.29. The number of nitrogens with zero attached hydrogens (tertiary/aromatic N) is 4. The molecule has 0 saturated carbocycles. The number of thioether (sulfide) groups is 1. The van der Waals surface area contributed by atoms with Gasteiger partial charge in [-0.1, -0.05) is 26.8 Å². The summed E-state index contributed by atoms with van der Waals surface area (Å²) in [4.78, 5) is 27.1. The van der Waals surface area contributed by atoms with Gasteiger partial charge in [0.25, 0.3) is 0 Å². The van der Waals surface area contributed by atoms with Crippen molar-refractivity contribution in [2.24, 2.45) is 5.41 Å². The number of aromatic nitrogens is 2. The van der Waals surface area contributed by atoms with Gasteiger partial charge in [0.05, 0.1) is 18.1 Å². The summed E-state index contributed by atoms with van der Waals surface area (Å²) in [5.41, 5.74) is 1.53. The summed E-state index contributed by atoms with van der Waals surface area (Å²) in [6.45, 7) is 9.54. The Morgan fingerprint density at radius 1 is 1.19 bits per heavy atom. The molecule has 1 aromatic carbocycles. The average molecular weight is 456 g/mol. The second-order valence-electron chi connectivity index (χ2n) is 9.21. The zero-order chi connectivity index (χ0) is 22.7. The Labute approximate surface area is 193 Å². The number of nitrogens with one attached hydrogen (secondary N) is 1. The molecule has 0 aliphatic carbocycles. The lowest BCUT2D eigenvalue weighted by molar-refractivity contribution is -0.139. The third kappa shape index (κ3) is 5.30. The molecule has 32 heavy (non-hydrogen) atoms. The normalized spacial score (nSPS) is 18.8. The molecule has 3 heterocycles. The second-order valence-corrected chi connectivity index (χ2v) is 10.3. The number of rotatable bonds is 3. The van der Waals surface area contributed by atoms with Crippen molar-refractivity contribution < 1.29 is 9.18 Å². The molecule has 6 nitrogen and oxygen atoms in total. The quantitative estimate of drug-likeness (QED) is 0.755. The molecule has 0 radical (unpaired) electrons. The van der Waals surface area contributed by atoms with E-state index in [0.29, 0.717) is 30.2 Å². The van der Waals surface area contributed by atoms with E-state index in [0.717, 1.165) is 37.5 Å². The predicted octanol–water partition coefficient (Wildman–Crippen LogP) is 4.00. The zero-order valence-electron chi connectivity index (χ0n) is 18.9. The van der Waals surface area contributed by atoms with E-state index in [1.165, 1.54) is 11.0 Å². The standard InChI is InChI=1S/C24H30FN5OS/c1-24(2,3)23(31)30-8-4-7-29(9-10-30)22-15-26-14-21(28-22)19-12-17(5-6-20(19)25)11-18-13-27-16-32-18/h5-6,11-12,14-15,27H,4,7-10,13,16H2,1-3H3. The van der Waals surface area contributed by atoms with Crippen molar-refractivity contribution in [1.29, 1.82) is 0 Å². The van der Waals surface area contributed by atoms with Crippen molar-refractivity contribution in [3.8, 4) is 11.3 Å². The lowest BCUT2D eigenvalue weighted by atomic mass is 9.94. The molecular weight excluding hydrogens is 425 g/mol. The lowest BCUT2D eigenvalue weighted by Crippen LogP contribution is -2.41. The minimum absolute atomic E-state index is 0.169. The summed E-state index contributed by atoms with van der Waals surface area (Å²) < 4.78 is 14.7. The van der Waals surface area contributed by atoms with Gasteiger partial charge in [0.1, 0.15) is 11.6 Å². The van der Waals surface area contributed by atoms with Gasteiger partial charge < -0.3 is 15.1 Å². The van der Waals surface area contributed by atoms with Crippen LogP contribution in [0.15, 0.2) is 35.5 Å². The Kier molecular flexibility index (Phi) is 6.81. The third-order valence-electron chi connectivity index (χ3n) is 5.62. The van der Waals surface area contributed by atoms with E-state index in [2.05, 4.69) is 21.3 Å². The minimum atomic E-state index is -0.389. The minimum Gasteiger partial charge on any atom is -0.353 e. The monoisotopic (exact) mass is 455 g/mol. The van der Waals surface area contributed by atoms with Crippen LogP contribution in [0.4, 0.5) is 10.2 Å². The smallest absolute Gasteiger partial charge is 0.228 e. The van der Waals surface area contributed by atoms with Gasteiger partial charge in [-0.3, -0.25) is 9.78 Å². The highest BCUT2D eigenvalue weighted by Crippen LogP contribution is 2.28. The van der Waals surface area contributed by atoms with Gasteiger partial charge in [-0.25, -0.2) is 9.37 Å². The fraction of sp³-hybridized carbons (Fsp3) is 0.458. The van der Waals surface area contributed by atoms with Crippen LogP contribution in [0.25, 0.3) is 17.3 Å². The topological polar surface area (TPSA) is 61.4 Å². The summed E-state index contributed by atoms with van der Waals surface area (Å²) in [7, 11) is 0. The van der Waals surface area contributed by atoms with E-state index in [1.54, 1.807) is 30.2 Å². The maximum Gasteiger partial charge on any atom is 0.228 e. The highest BCUT2D eigenvalue weighted by atomic mass is 32.2. The lowest BCUT2D eigenvalue weighted by Gasteiger charge is -2.28. The number of hydrogen-bond donors (Lipinski definition) is 1. The van der Waals surface area contributed by atoms with Crippen LogP contribution in [0.5, 0.6) is 0 Å². The Bertz CT molecular complexity index is 1010. The van der Waals surface area contributed by atoms with E-state index in [1.807, 2.05) is 31.7 Å². The highest BCUT2D eigenvalue weighted by molar-refractivity contribution is 8.03. The average Bonchev–Trinajstić information content (AvgIpc) is 3.15. The van der Waals surface area contributed by atoms with E-state index in [4.69, 9.17) is 4.98 Å². The Morgan fingerprint density at radius 2 is 2.03 bits per heavy atom. The van der Waals surface area contributed by atoms with Crippen LogP contribution in [0, 0.1) is 11.2 Å². The van der Waals surface area contributed by atoms with Crippen LogP contribution >= 0.6 is 11.8 Å². The van der Waals surface area contributed by atoms with Crippen molar-refractivity contribution in [2.45, 2.75) is 27.2 Å². The van der Waals surface area contributed by atoms with Gasteiger partial charge in [0, 0.05) is 54.5 Å². The fourth-order valence-electron chi connectivity index (χ4n) is 3.94. The van der Waals surface area contributed by atoms with E-state index >= 15 is 0 Å². The van der Waals surface area contributed by atoms with E-state index < -0.39 is 0 Å². The molecule has 8 heteroatoms. The first-order valence-corrected chi connectivity index (χ1v) is 12.0. The molecular formula is C24H30FN5OS. The van der Waals surface area contributed by atoms with Gasteiger partial charge in [0.15, 0.2) is 0 Å². The second kappa shape index (κ2) is 9.58. The zero-order valence-corrected chi connectivity index (χ0v) is 19.7. The largest absolute Gasteiger partial charge is 0.353 e. The van der Waals surface area contributed by atoms with Crippen molar-refractivity contribution in [3.63, 3.8) is 0 Å². The molecule has 0 atom stereocenters. The molecule has 0 bridgehead atoms. The van der Waals surface area contributed by atoms with Crippen molar-refractivity contribution in [3.05, 3.63) is 46.9 Å². The predicted molar refractivity (Wildman–Crippen MR) is 129 cm³/mol. The molecule has 2 saturated heterocycles. The number of carbonyl (C=O) groups excluding carboxylic acids is 1. The molecule has 1 aromatic heterocycles. The number of carbonyl (C=O) groups is 1. The number of amides is 1. The summed E-state index contributed by atoms with van der Waals surface area (Å²) >= 11 is 1.76. The molecule has 2 fully saturated rings. The van der Waals surface area contributed by atoms with Gasteiger partial charge in [-0.05, 0) is 30.2 Å². The number of halogens is 1. The van der Waals surface area contributed by atoms with Gasteiger partial charge in [-0.15, -0.1) is 11.8 Å². The maximum atomic E-state index is 14.7. The molecule has 2 aliphatic rings. The van der Waals surface area contributed by atoms with E-state index in [-0.39, 0.29) is 17.1 Å². The van der Waals surface area contributed by atoms with Crippen molar-refractivity contribution in [2.75, 3.05) is 43.5 Å². The summed E-state index contributed by atoms with van der Waals surface area (Å²) in [5.74, 6) is 1.48. The molecule has 0 spiro atoms. The van der Waals surface area contributed by atoms with Gasteiger partial charge in [0.2, 0.25) is 5.91 Å². The van der Waals surface area contributed by atoms with Gasteiger partial charge in [-0.2, -0.15) is 0 Å². The number of hydrogen-bond acceptors (Lipinski definition) is 6. The van der Waals surface area contributed by atoms with Crippen LogP contribution in [0.2, 0.25) is 0 Å². The first kappa shape index (κ1) is 22.7. The Morgan fingerprint density at radius 3 is 2.78 bits per heavy atom. The van der Waals surface area contributed by atoms with E-state index in [9.17, 15) is 9.18 Å². The van der Waals surface area contributed by atoms with Crippen LogP contribution in [0.1, 0.15) is 32.8 Å². The van der Waals surface area contributed by atoms with Crippen molar-refractivity contribution in [1.82, 2.24) is 20.2 Å². The Balaban J connectivity index is 1.54. The van der Waals surface area contributed by atoms with Gasteiger partial charge >= 0.3 is 0 Å². The Hall–Kier alpha value is -2.45. The van der Waals surface area contributed by atoms with Crippen LogP contribution in [-0.4, -0.2) is 59.4 Å². The highest BCUT2D eigenvalue weighted by Gasteiger charge is 2.29. The van der Waals surface area contributed by atoms with Crippen molar-refractivity contribution >= 4 is 29.6 Å². The number of anilines is 1. The van der Waals surface area contributed by atoms with Crippen LogP contribution in [-0.2, 0) is 4.79 Å². The SMILES string of the molecule is CC(C)(C)C(=O)N1CCCN(c2cncc(-c3cc(C=C4CNCS4)ccc3F)n2)CC1.